The minimum atomic E-state index is -1.88. The van der Waals surface area contributed by atoms with E-state index < -0.39 is 11.5 Å². The van der Waals surface area contributed by atoms with Crippen molar-refractivity contribution in [2.75, 3.05) is 4.90 Å². The Morgan fingerprint density at radius 1 is 1.03 bits per heavy atom. The van der Waals surface area contributed by atoms with Gasteiger partial charge in [0.15, 0.2) is 11.4 Å². The fraction of sp³-hybridized carbons (Fsp3) is 0.200. The van der Waals surface area contributed by atoms with Crippen molar-refractivity contribution in [2.45, 2.75) is 32.4 Å². The normalized spacial score (nSPS) is 17.9. The number of para-hydroxylation sites is 1. The van der Waals surface area contributed by atoms with Gasteiger partial charge < -0.3 is 10.0 Å². The second-order valence-corrected chi connectivity index (χ2v) is 8.72. The number of nitrogens with zero attached hydrogens (tertiary/aromatic N) is 1. The summed E-state index contributed by atoms with van der Waals surface area (Å²) in [6.07, 6.45) is -0.298. The van der Waals surface area contributed by atoms with Gasteiger partial charge >= 0.3 is 0 Å². The number of carbonyl (C=O) groups is 2. The molecule has 3 aromatic carbocycles. The monoisotopic (exact) mass is 463 g/mol. The molecule has 1 N–H and O–H groups in total. The molecule has 0 aromatic heterocycles. The van der Waals surface area contributed by atoms with Crippen molar-refractivity contribution in [2.24, 2.45) is 0 Å². The Hall–Kier alpha value is -2.76. The SMILES string of the molecule is Cc1ccc(C)c(CN2C(=O)C(O)(CC(=O)c3ccc(Br)cc3)c3ccccc32)c1. The van der Waals surface area contributed by atoms with E-state index in [1.807, 2.05) is 38.1 Å². The van der Waals surface area contributed by atoms with Gasteiger partial charge in [0.05, 0.1) is 18.7 Å². The standard InChI is InChI=1S/C25H22BrNO3/c1-16-7-8-17(2)19(13-16)15-27-22-6-4-3-5-21(22)25(30,24(27)29)14-23(28)18-9-11-20(26)12-10-18/h3-13,30H,14-15H2,1-2H3. The van der Waals surface area contributed by atoms with E-state index in [2.05, 4.69) is 22.0 Å². The van der Waals surface area contributed by atoms with Crippen molar-refractivity contribution < 1.29 is 14.7 Å². The van der Waals surface area contributed by atoms with Gasteiger partial charge in [-0.1, -0.05) is 70.0 Å². The van der Waals surface area contributed by atoms with Crippen LogP contribution >= 0.6 is 15.9 Å². The summed E-state index contributed by atoms with van der Waals surface area (Å²) in [5.41, 5.74) is 2.91. The van der Waals surface area contributed by atoms with E-state index in [9.17, 15) is 14.7 Å². The van der Waals surface area contributed by atoms with E-state index in [1.54, 1.807) is 41.3 Å². The number of hydrogen-bond donors (Lipinski definition) is 1. The Morgan fingerprint density at radius 2 is 1.73 bits per heavy atom. The van der Waals surface area contributed by atoms with Gasteiger partial charge in [0.1, 0.15) is 0 Å². The Bertz CT molecular complexity index is 1140. The molecule has 3 aromatic rings. The number of benzene rings is 3. The summed E-state index contributed by atoms with van der Waals surface area (Å²) >= 11 is 3.35. The topological polar surface area (TPSA) is 57.6 Å². The molecule has 1 atom stereocenters. The summed E-state index contributed by atoms with van der Waals surface area (Å²) in [6.45, 7) is 4.36. The highest BCUT2D eigenvalue weighted by Crippen LogP contribution is 2.43. The molecule has 1 amide bonds. The van der Waals surface area contributed by atoms with E-state index in [1.165, 1.54) is 0 Å². The van der Waals surface area contributed by atoms with Gasteiger partial charge in [0.25, 0.3) is 5.91 Å². The van der Waals surface area contributed by atoms with Crippen LogP contribution in [0.25, 0.3) is 0 Å². The first-order valence-corrected chi connectivity index (χ1v) is 10.6. The molecule has 152 valence electrons. The number of ketones is 1. The molecule has 5 heteroatoms. The molecule has 0 spiro atoms. The van der Waals surface area contributed by atoms with E-state index in [0.29, 0.717) is 23.4 Å². The molecule has 0 saturated heterocycles. The Morgan fingerprint density at radius 3 is 2.47 bits per heavy atom. The van der Waals surface area contributed by atoms with Crippen LogP contribution in [-0.4, -0.2) is 16.8 Å². The molecular formula is C25H22BrNO3. The lowest BCUT2D eigenvalue weighted by atomic mass is 9.88. The maximum Gasteiger partial charge on any atom is 0.264 e. The molecule has 0 radical (unpaired) electrons. The number of aliphatic hydroxyl groups is 1. The van der Waals surface area contributed by atoms with Crippen LogP contribution in [-0.2, 0) is 16.9 Å². The van der Waals surface area contributed by atoms with Crippen molar-refractivity contribution in [1.82, 2.24) is 0 Å². The zero-order valence-corrected chi connectivity index (χ0v) is 18.4. The van der Waals surface area contributed by atoms with E-state index >= 15 is 0 Å². The fourth-order valence-electron chi connectivity index (χ4n) is 3.95. The number of halogens is 1. The van der Waals surface area contributed by atoms with Gasteiger partial charge in [-0.2, -0.15) is 0 Å². The number of anilines is 1. The zero-order valence-electron chi connectivity index (χ0n) is 16.9. The quantitative estimate of drug-likeness (QED) is 0.537. The van der Waals surface area contributed by atoms with E-state index in [-0.39, 0.29) is 12.2 Å². The summed E-state index contributed by atoms with van der Waals surface area (Å²) < 4.78 is 0.861. The van der Waals surface area contributed by atoms with Crippen molar-refractivity contribution >= 4 is 33.3 Å². The third kappa shape index (κ3) is 3.59. The molecule has 1 aliphatic rings. The van der Waals surface area contributed by atoms with Crippen molar-refractivity contribution in [3.05, 3.63) is 99.0 Å². The van der Waals surface area contributed by atoms with Crippen LogP contribution in [0.15, 0.2) is 71.2 Å². The molecule has 1 heterocycles. The smallest absolute Gasteiger partial charge is 0.264 e. The number of hydrogen-bond acceptors (Lipinski definition) is 3. The first kappa shape index (κ1) is 20.5. The summed E-state index contributed by atoms with van der Waals surface area (Å²) in [6, 6.07) is 20.2. The molecule has 4 rings (SSSR count). The number of Topliss-reactive ketones (excluding diaryl/α,β-unsaturated/α-hetero) is 1. The van der Waals surface area contributed by atoms with E-state index in [4.69, 9.17) is 0 Å². The van der Waals surface area contributed by atoms with Crippen LogP contribution in [0.5, 0.6) is 0 Å². The predicted octanol–water partition coefficient (Wildman–Crippen LogP) is 5.07. The Balaban J connectivity index is 1.69. The number of aryl methyl sites for hydroxylation is 2. The summed E-state index contributed by atoms with van der Waals surface area (Å²) in [7, 11) is 0. The average molecular weight is 464 g/mol. The van der Waals surface area contributed by atoms with Gasteiger partial charge in [0.2, 0.25) is 0 Å². The van der Waals surface area contributed by atoms with Crippen molar-refractivity contribution in [1.29, 1.82) is 0 Å². The Kier molecular flexibility index (Phi) is 5.35. The van der Waals surface area contributed by atoms with Gasteiger partial charge in [0, 0.05) is 15.6 Å². The lowest BCUT2D eigenvalue weighted by molar-refractivity contribution is -0.136. The minimum Gasteiger partial charge on any atom is -0.375 e. The summed E-state index contributed by atoms with van der Waals surface area (Å²) in [4.78, 5) is 27.9. The van der Waals surface area contributed by atoms with Crippen molar-refractivity contribution in [3.8, 4) is 0 Å². The van der Waals surface area contributed by atoms with Crippen molar-refractivity contribution in [3.63, 3.8) is 0 Å². The fourth-order valence-corrected chi connectivity index (χ4v) is 4.21. The Labute approximate surface area is 184 Å². The largest absolute Gasteiger partial charge is 0.375 e. The van der Waals surface area contributed by atoms with Crippen LogP contribution in [0.1, 0.15) is 39.0 Å². The summed E-state index contributed by atoms with van der Waals surface area (Å²) in [5.74, 6) is -0.739. The third-order valence-electron chi connectivity index (χ3n) is 5.66. The van der Waals surface area contributed by atoms with Crippen LogP contribution < -0.4 is 4.90 Å². The molecule has 1 unspecified atom stereocenters. The van der Waals surface area contributed by atoms with Gasteiger partial charge in [-0.05, 0) is 43.2 Å². The zero-order chi connectivity index (χ0) is 21.5. The number of fused-ring (bicyclic) bond motifs is 1. The molecule has 0 aliphatic carbocycles. The molecule has 30 heavy (non-hydrogen) atoms. The lowest BCUT2D eigenvalue weighted by Gasteiger charge is -2.23. The first-order chi connectivity index (χ1) is 14.3. The second kappa shape index (κ2) is 7.82. The van der Waals surface area contributed by atoms with Crippen LogP contribution in [0.2, 0.25) is 0 Å². The third-order valence-corrected chi connectivity index (χ3v) is 6.18. The van der Waals surface area contributed by atoms with Gasteiger partial charge in [-0.25, -0.2) is 0 Å². The van der Waals surface area contributed by atoms with Crippen LogP contribution in [0.3, 0.4) is 0 Å². The molecule has 4 nitrogen and oxygen atoms in total. The highest BCUT2D eigenvalue weighted by atomic mass is 79.9. The highest BCUT2D eigenvalue weighted by Gasteiger charge is 2.50. The van der Waals surface area contributed by atoms with Gasteiger partial charge in [-0.15, -0.1) is 0 Å². The predicted molar refractivity (Wildman–Crippen MR) is 121 cm³/mol. The van der Waals surface area contributed by atoms with Gasteiger partial charge in [-0.3, -0.25) is 9.59 Å². The number of rotatable bonds is 5. The molecule has 0 fully saturated rings. The first-order valence-electron chi connectivity index (χ1n) is 9.78. The average Bonchev–Trinajstić information content (AvgIpc) is 2.93. The molecular weight excluding hydrogens is 442 g/mol. The minimum absolute atomic E-state index is 0.276. The van der Waals surface area contributed by atoms with Crippen LogP contribution in [0, 0.1) is 13.8 Å². The molecule has 0 bridgehead atoms. The highest BCUT2D eigenvalue weighted by molar-refractivity contribution is 9.10. The summed E-state index contributed by atoms with van der Waals surface area (Å²) in [5, 5.41) is 11.4. The lowest BCUT2D eigenvalue weighted by Crippen LogP contribution is -2.41. The number of carbonyl (C=O) groups excluding carboxylic acids is 2. The maximum atomic E-state index is 13.4. The molecule has 1 aliphatic heterocycles. The number of amides is 1. The van der Waals surface area contributed by atoms with Crippen LogP contribution in [0.4, 0.5) is 5.69 Å². The van der Waals surface area contributed by atoms with E-state index in [0.717, 1.165) is 21.2 Å². The second-order valence-electron chi connectivity index (χ2n) is 7.81. The maximum absolute atomic E-state index is 13.4. The molecule has 0 saturated carbocycles.